The van der Waals surface area contributed by atoms with Crippen LogP contribution in [0, 0.1) is 6.92 Å². The zero-order chi connectivity index (χ0) is 18.5. The highest BCUT2D eigenvalue weighted by Gasteiger charge is 2.10. The van der Waals surface area contributed by atoms with Crippen LogP contribution in [0.15, 0.2) is 65.1 Å². The molecule has 0 atom stereocenters. The fraction of sp³-hybridized carbons (Fsp3) is 0.143. The summed E-state index contributed by atoms with van der Waals surface area (Å²) in [7, 11) is 0. The molecule has 0 aromatic heterocycles. The summed E-state index contributed by atoms with van der Waals surface area (Å²) < 4.78 is 5.87. The molecule has 0 aliphatic heterocycles. The summed E-state index contributed by atoms with van der Waals surface area (Å²) in [6.07, 6.45) is 0.131. The average molecular weight is 412 g/mol. The lowest BCUT2D eigenvalue weighted by molar-refractivity contribution is -0.146. The van der Waals surface area contributed by atoms with Gasteiger partial charge in [-0.05, 0) is 56.9 Å². The smallest absolute Gasteiger partial charge is 0.310 e. The second-order valence-corrected chi connectivity index (χ2v) is 6.90. The van der Waals surface area contributed by atoms with Gasteiger partial charge in [0.15, 0.2) is 6.61 Å². The number of nitrogens with one attached hydrogen (secondary N) is 1. The van der Waals surface area contributed by atoms with Crippen LogP contribution in [0.1, 0.15) is 11.1 Å². The molecule has 0 aliphatic rings. The van der Waals surface area contributed by atoms with E-state index in [1.165, 1.54) is 0 Å². The van der Waals surface area contributed by atoms with Gasteiger partial charge in [-0.3, -0.25) is 9.59 Å². The van der Waals surface area contributed by atoms with E-state index in [2.05, 4.69) is 21.2 Å². The van der Waals surface area contributed by atoms with E-state index >= 15 is 0 Å². The number of ether oxygens (including phenoxy) is 1. The predicted octanol–water partition coefficient (Wildman–Crippen LogP) is 4.64. The number of anilines is 1. The Balaban J connectivity index is 1.53. The Labute approximate surface area is 160 Å². The Morgan fingerprint density at radius 2 is 1.77 bits per heavy atom. The number of benzene rings is 3. The summed E-state index contributed by atoms with van der Waals surface area (Å²) in [4.78, 5) is 24.0. The Hall–Kier alpha value is -2.66. The zero-order valence-electron chi connectivity index (χ0n) is 14.3. The summed E-state index contributed by atoms with van der Waals surface area (Å²) in [6.45, 7) is 1.65. The van der Waals surface area contributed by atoms with Crippen molar-refractivity contribution in [1.29, 1.82) is 0 Å². The largest absolute Gasteiger partial charge is 0.455 e. The number of carbonyl (C=O) groups excluding carboxylic acids is 2. The molecule has 5 heteroatoms. The minimum atomic E-state index is -0.432. The molecule has 3 aromatic carbocycles. The van der Waals surface area contributed by atoms with Gasteiger partial charge in [0.2, 0.25) is 0 Å². The number of halogens is 1. The van der Waals surface area contributed by atoms with Crippen molar-refractivity contribution in [3.05, 3.63) is 76.3 Å². The number of rotatable bonds is 5. The van der Waals surface area contributed by atoms with Crippen molar-refractivity contribution >= 4 is 44.3 Å². The number of aryl methyl sites for hydroxylation is 1. The van der Waals surface area contributed by atoms with E-state index in [1.54, 1.807) is 6.07 Å². The maximum atomic E-state index is 12.0. The highest BCUT2D eigenvalue weighted by atomic mass is 79.9. The zero-order valence-corrected chi connectivity index (χ0v) is 15.9. The third-order valence-corrected chi connectivity index (χ3v) is 4.58. The van der Waals surface area contributed by atoms with Crippen LogP contribution in [-0.2, 0) is 20.7 Å². The number of hydrogen-bond acceptors (Lipinski definition) is 3. The second kappa shape index (κ2) is 8.15. The molecule has 4 nitrogen and oxygen atoms in total. The highest BCUT2D eigenvalue weighted by Crippen LogP contribution is 2.23. The molecule has 3 aromatic rings. The molecule has 0 radical (unpaired) electrons. The molecule has 0 saturated heterocycles. The van der Waals surface area contributed by atoms with Crippen molar-refractivity contribution in [2.24, 2.45) is 0 Å². The summed E-state index contributed by atoms with van der Waals surface area (Å²) >= 11 is 3.40. The molecule has 0 spiro atoms. The minimum Gasteiger partial charge on any atom is -0.455 e. The lowest BCUT2D eigenvalue weighted by atomic mass is 10.1. The topological polar surface area (TPSA) is 55.4 Å². The Bertz CT molecular complexity index is 968. The van der Waals surface area contributed by atoms with Crippen molar-refractivity contribution in [1.82, 2.24) is 0 Å². The lowest BCUT2D eigenvalue weighted by Gasteiger charge is -2.09. The molecule has 3 rings (SSSR count). The number of esters is 1. The number of amides is 1. The molecular weight excluding hydrogens is 394 g/mol. The van der Waals surface area contributed by atoms with Crippen LogP contribution in [0.25, 0.3) is 10.8 Å². The van der Waals surface area contributed by atoms with Crippen LogP contribution in [0.5, 0.6) is 0 Å². The first-order valence-electron chi connectivity index (χ1n) is 8.20. The van der Waals surface area contributed by atoms with E-state index in [4.69, 9.17) is 4.74 Å². The van der Waals surface area contributed by atoms with Crippen LogP contribution < -0.4 is 5.32 Å². The van der Waals surface area contributed by atoms with Gasteiger partial charge in [-0.2, -0.15) is 0 Å². The molecular formula is C21H18BrNO3. The molecule has 0 heterocycles. The Morgan fingerprint density at radius 3 is 2.54 bits per heavy atom. The van der Waals surface area contributed by atoms with E-state index in [0.29, 0.717) is 5.69 Å². The van der Waals surface area contributed by atoms with E-state index < -0.39 is 5.97 Å². The first kappa shape index (κ1) is 18.1. The first-order valence-corrected chi connectivity index (χ1v) is 9.00. The van der Waals surface area contributed by atoms with E-state index in [0.717, 1.165) is 26.4 Å². The molecule has 1 amide bonds. The van der Waals surface area contributed by atoms with Gasteiger partial charge in [0.1, 0.15) is 0 Å². The predicted molar refractivity (Wildman–Crippen MR) is 106 cm³/mol. The van der Waals surface area contributed by atoms with Gasteiger partial charge in [-0.1, -0.05) is 48.5 Å². The molecule has 26 heavy (non-hydrogen) atoms. The summed E-state index contributed by atoms with van der Waals surface area (Å²) in [5.74, 6) is -0.806. The van der Waals surface area contributed by atoms with Gasteiger partial charge < -0.3 is 10.1 Å². The van der Waals surface area contributed by atoms with E-state index in [1.807, 2.05) is 61.5 Å². The molecule has 0 saturated carbocycles. The standard InChI is InChI=1S/C21H18BrNO3/c1-14-6-9-19(18(22)10-14)23-20(24)13-26-21(25)12-15-7-8-16-4-2-3-5-17(16)11-15/h2-11H,12-13H2,1H3,(H,23,24). The maximum Gasteiger partial charge on any atom is 0.310 e. The third kappa shape index (κ3) is 4.70. The molecule has 0 unspecified atom stereocenters. The van der Waals surface area contributed by atoms with Gasteiger partial charge in [-0.25, -0.2) is 0 Å². The number of carbonyl (C=O) groups is 2. The summed E-state index contributed by atoms with van der Waals surface area (Å²) in [6, 6.07) is 19.4. The fourth-order valence-electron chi connectivity index (χ4n) is 2.62. The minimum absolute atomic E-state index is 0.131. The van der Waals surface area contributed by atoms with Crippen LogP contribution in [0.4, 0.5) is 5.69 Å². The quantitative estimate of drug-likeness (QED) is 0.622. The monoisotopic (exact) mass is 411 g/mol. The number of hydrogen-bond donors (Lipinski definition) is 1. The average Bonchev–Trinajstić information content (AvgIpc) is 2.62. The lowest BCUT2D eigenvalue weighted by Crippen LogP contribution is -2.21. The van der Waals surface area contributed by atoms with E-state index in [9.17, 15) is 9.59 Å². The Kier molecular flexibility index (Phi) is 5.68. The van der Waals surface area contributed by atoms with Crippen LogP contribution in [0.3, 0.4) is 0 Å². The van der Waals surface area contributed by atoms with Crippen LogP contribution in [-0.4, -0.2) is 18.5 Å². The van der Waals surface area contributed by atoms with Gasteiger partial charge in [0.05, 0.1) is 12.1 Å². The molecule has 0 bridgehead atoms. The molecule has 0 fully saturated rings. The highest BCUT2D eigenvalue weighted by molar-refractivity contribution is 9.10. The third-order valence-electron chi connectivity index (χ3n) is 3.93. The second-order valence-electron chi connectivity index (χ2n) is 6.05. The van der Waals surface area contributed by atoms with Crippen LogP contribution in [0.2, 0.25) is 0 Å². The molecule has 1 N–H and O–H groups in total. The van der Waals surface area contributed by atoms with E-state index in [-0.39, 0.29) is 18.9 Å². The molecule has 0 aliphatic carbocycles. The van der Waals surface area contributed by atoms with Gasteiger partial charge in [-0.15, -0.1) is 0 Å². The van der Waals surface area contributed by atoms with Crippen molar-refractivity contribution in [2.75, 3.05) is 11.9 Å². The summed E-state index contributed by atoms with van der Waals surface area (Å²) in [5, 5.41) is 4.91. The van der Waals surface area contributed by atoms with Crippen molar-refractivity contribution < 1.29 is 14.3 Å². The van der Waals surface area contributed by atoms with Crippen molar-refractivity contribution in [2.45, 2.75) is 13.3 Å². The van der Waals surface area contributed by atoms with Gasteiger partial charge in [0, 0.05) is 4.47 Å². The molecule has 132 valence electrons. The number of fused-ring (bicyclic) bond motifs is 1. The fourth-order valence-corrected chi connectivity index (χ4v) is 3.21. The van der Waals surface area contributed by atoms with Crippen molar-refractivity contribution in [3.63, 3.8) is 0 Å². The maximum absolute atomic E-state index is 12.0. The van der Waals surface area contributed by atoms with Gasteiger partial charge in [0.25, 0.3) is 5.91 Å². The van der Waals surface area contributed by atoms with Crippen LogP contribution >= 0.6 is 15.9 Å². The van der Waals surface area contributed by atoms with Crippen molar-refractivity contribution in [3.8, 4) is 0 Å². The van der Waals surface area contributed by atoms with Gasteiger partial charge >= 0.3 is 5.97 Å². The first-order chi connectivity index (χ1) is 12.5. The summed E-state index contributed by atoms with van der Waals surface area (Å²) in [5.41, 5.74) is 2.58. The normalized spacial score (nSPS) is 10.5. The SMILES string of the molecule is Cc1ccc(NC(=O)COC(=O)Cc2ccc3ccccc3c2)c(Br)c1. The Morgan fingerprint density at radius 1 is 1.00 bits per heavy atom.